The SMILES string of the molecule is COc1cc(NC(=O)Nc2ccc(N3CCCCC3)c(F)c2)cc(OC)c1.O=C(Nc1ccc(CN2CCOCC2)cc1)Nc1ccc(-n2cccc2)cc1.O=C(Nc1ccc(Cl)cc1)Nc1cccc(-c2cccc(N3CCCCC3)n2)c1.O=C(Nc1ccc(Cl)cc1)Nc1cccc(-n2cccn2)c1.O=C(Nc1ccc(N2CCCCC2)c(F)c1)Nc1ccc2c(c1)OCC2. The summed E-state index contributed by atoms with van der Waals surface area (Å²) in [6, 6.07) is 75.1. The van der Waals surface area contributed by atoms with Gasteiger partial charge < -0.3 is 91.4 Å². The number of rotatable bonds is 20. The molecule has 10 amide bonds. The molecule has 0 radical (unpaired) electrons. The molecule has 31 heteroatoms. The molecule has 5 aliphatic heterocycles. The number of ether oxygens (including phenoxy) is 4. The van der Waals surface area contributed by atoms with Crippen LogP contribution in [0.5, 0.6) is 17.2 Å². The van der Waals surface area contributed by atoms with Crippen molar-refractivity contribution in [3.05, 3.63) is 312 Å². The van der Waals surface area contributed by atoms with Crippen LogP contribution in [0.25, 0.3) is 22.6 Å². The van der Waals surface area contributed by atoms with Crippen molar-refractivity contribution in [3.8, 4) is 39.9 Å². The zero-order valence-corrected chi connectivity index (χ0v) is 74.9. The number of urea groups is 5. The Bertz CT molecular complexity index is 5920. The van der Waals surface area contributed by atoms with Gasteiger partial charge in [0, 0.05) is 193 Å². The topological polar surface area (TPSA) is 291 Å². The number of methoxy groups -OCH3 is 2. The molecule has 3 aromatic heterocycles. The maximum absolute atomic E-state index is 14.5. The number of hydrogen-bond donors (Lipinski definition) is 10. The monoisotopic (exact) mass is 1820 g/mol. The van der Waals surface area contributed by atoms with E-state index in [1.807, 2.05) is 162 Å². The normalized spacial score (nSPS) is 13.8. The third kappa shape index (κ3) is 28.4. The summed E-state index contributed by atoms with van der Waals surface area (Å²) in [4.78, 5) is 74.6. The van der Waals surface area contributed by atoms with Crippen molar-refractivity contribution in [3.63, 3.8) is 0 Å². The lowest BCUT2D eigenvalue weighted by atomic mass is 10.1. The predicted octanol–water partition coefficient (Wildman–Crippen LogP) is 23.0. The number of piperidine rings is 3. The molecular formula is C101H106Cl2F2N18O9. The van der Waals surface area contributed by atoms with Gasteiger partial charge in [0.05, 0.1) is 56.8 Å². The molecule has 4 saturated heterocycles. The first-order chi connectivity index (χ1) is 64.4. The van der Waals surface area contributed by atoms with E-state index in [2.05, 4.69) is 91.2 Å². The minimum atomic E-state index is -0.476. The Kier molecular flexibility index (Phi) is 33.7. The van der Waals surface area contributed by atoms with Crippen molar-refractivity contribution in [2.24, 2.45) is 0 Å². The summed E-state index contributed by atoms with van der Waals surface area (Å²) in [6.45, 7) is 10.7. The van der Waals surface area contributed by atoms with Crippen molar-refractivity contribution in [1.29, 1.82) is 0 Å². The van der Waals surface area contributed by atoms with Crippen LogP contribution in [0.15, 0.2) is 280 Å². The van der Waals surface area contributed by atoms with E-state index in [-0.39, 0.29) is 29.7 Å². The van der Waals surface area contributed by atoms with Crippen LogP contribution in [0.1, 0.15) is 68.9 Å². The lowest BCUT2D eigenvalue weighted by Gasteiger charge is -2.29. The Labute approximate surface area is 776 Å². The first-order valence-corrected chi connectivity index (χ1v) is 44.7. The average molecular weight is 1820 g/mol. The summed E-state index contributed by atoms with van der Waals surface area (Å²) in [5.41, 5.74) is 13.6. The van der Waals surface area contributed by atoms with Crippen LogP contribution in [-0.2, 0) is 17.7 Å². The molecule has 682 valence electrons. The van der Waals surface area contributed by atoms with Gasteiger partial charge in [-0.15, -0.1) is 0 Å². The van der Waals surface area contributed by atoms with Crippen molar-refractivity contribution < 1.29 is 51.7 Å². The minimum Gasteiger partial charge on any atom is -0.497 e. The number of fused-ring (bicyclic) bond motifs is 1. The molecule has 0 bridgehead atoms. The lowest BCUT2D eigenvalue weighted by molar-refractivity contribution is 0.0342. The van der Waals surface area contributed by atoms with E-state index in [1.54, 1.807) is 102 Å². The van der Waals surface area contributed by atoms with Crippen molar-refractivity contribution in [2.45, 2.75) is 70.8 Å². The van der Waals surface area contributed by atoms with E-state index in [0.29, 0.717) is 85.0 Å². The summed E-state index contributed by atoms with van der Waals surface area (Å²) >= 11 is 11.7. The summed E-state index contributed by atoms with van der Waals surface area (Å²) in [7, 11) is 3.07. The molecule has 10 aromatic carbocycles. The number of anilines is 13. The highest BCUT2D eigenvalue weighted by molar-refractivity contribution is 6.31. The molecule has 27 nitrogen and oxygen atoms in total. The second-order valence-electron chi connectivity index (χ2n) is 31.6. The number of carbonyl (C=O) groups excluding carboxylic acids is 5. The number of morpholine rings is 1. The number of aromatic nitrogens is 4. The number of carbonyl (C=O) groups is 5. The van der Waals surface area contributed by atoms with Crippen molar-refractivity contribution >= 4 is 127 Å². The van der Waals surface area contributed by atoms with Gasteiger partial charge >= 0.3 is 30.2 Å². The molecule has 0 unspecified atom stereocenters. The predicted molar refractivity (Wildman–Crippen MR) is 524 cm³/mol. The Hall–Kier alpha value is -14.7. The van der Waals surface area contributed by atoms with Gasteiger partial charge in [0.2, 0.25) is 0 Å². The number of hydrogen-bond acceptors (Lipinski definition) is 15. The highest BCUT2D eigenvalue weighted by Gasteiger charge is 2.22. The molecule has 8 heterocycles. The summed E-state index contributed by atoms with van der Waals surface area (Å²) in [5.74, 6) is 2.29. The van der Waals surface area contributed by atoms with E-state index >= 15 is 0 Å². The third-order valence-electron chi connectivity index (χ3n) is 22.0. The molecule has 0 spiro atoms. The zero-order valence-electron chi connectivity index (χ0n) is 73.4. The average Bonchev–Trinajstić information content (AvgIpc) is 1.68. The van der Waals surface area contributed by atoms with Gasteiger partial charge in [-0.25, -0.2) is 42.4 Å². The van der Waals surface area contributed by atoms with Crippen LogP contribution in [-0.4, -0.2) is 141 Å². The number of nitrogens with zero attached hydrogens (tertiary/aromatic N) is 8. The third-order valence-corrected chi connectivity index (χ3v) is 22.5. The number of halogens is 4. The quantitative estimate of drug-likeness (QED) is 0.0339. The fourth-order valence-corrected chi connectivity index (χ4v) is 15.6. The Morgan fingerprint density at radius 2 is 0.826 bits per heavy atom. The molecule has 0 atom stereocenters. The molecule has 0 saturated carbocycles. The molecule has 18 rings (SSSR count). The van der Waals surface area contributed by atoms with E-state index < -0.39 is 12.1 Å². The Morgan fingerprint density at radius 1 is 0.386 bits per heavy atom. The second kappa shape index (κ2) is 47.6. The molecule has 13 aromatic rings. The fourth-order valence-electron chi connectivity index (χ4n) is 15.3. The van der Waals surface area contributed by atoms with E-state index in [9.17, 15) is 32.8 Å². The Balaban J connectivity index is 0.000000133. The van der Waals surface area contributed by atoms with Gasteiger partial charge in [0.1, 0.15) is 34.7 Å². The maximum Gasteiger partial charge on any atom is 0.323 e. The van der Waals surface area contributed by atoms with Gasteiger partial charge in [-0.3, -0.25) is 4.90 Å². The van der Waals surface area contributed by atoms with E-state index in [4.69, 9.17) is 47.1 Å². The van der Waals surface area contributed by atoms with Crippen LogP contribution in [0.4, 0.5) is 107 Å². The number of benzene rings is 10. The van der Waals surface area contributed by atoms with Gasteiger partial charge in [-0.2, -0.15) is 5.10 Å². The highest BCUT2D eigenvalue weighted by atomic mass is 35.5. The molecule has 10 N–H and O–H groups in total. The molecule has 132 heavy (non-hydrogen) atoms. The standard InChI is InChI=1S/C23H23ClN4O.C22H24N4O2.C20H24FN3O3.C20H22FN3O2.C16H13ClN4O/c24-18-10-12-19(13-11-18)25-23(29)26-20-7-4-6-17(16-20)21-8-5-9-22(27-21)28-14-2-1-3-15-28;27-22(24-20-7-9-21(10-8-20)26-11-1-2-12-26)23-19-5-3-18(4-6-19)17-25-13-15-28-16-14-25;1-26-16-10-15(11-17(13-16)27-2)23-20(25)22-14-6-7-19(18(21)12-14)24-8-4-3-5-9-24;21-17-12-15(6-7-18(17)24-9-2-1-3-10-24)22-20(25)23-16-5-4-14-8-11-26-19(14)13-16;17-12-5-7-13(8-6-12)19-16(22)20-14-3-1-4-15(11-14)21-10-2-9-18-21/h4-13,16H,1-3,14-15H2,(H2,25,26,29);1-12H,13-17H2,(H2,23,24,27);6-7,10-13H,3-5,8-9H2,1-2H3,(H2,22,23,25);4-7,12-13H,1-3,8-11H2,(H2,22,23,25);1-11H,(H2,19,20,22). The Morgan fingerprint density at radius 3 is 1.33 bits per heavy atom. The smallest absolute Gasteiger partial charge is 0.323 e. The summed E-state index contributed by atoms with van der Waals surface area (Å²) in [5, 5.41) is 33.1. The molecular weight excluding hydrogens is 1720 g/mol. The minimum absolute atomic E-state index is 0.255. The fraction of sp³-hybridized carbons (Fsp3) is 0.238. The zero-order chi connectivity index (χ0) is 91.8. The maximum atomic E-state index is 14.5. The number of amides is 10. The van der Waals surface area contributed by atoms with Crippen molar-refractivity contribution in [2.75, 3.05) is 154 Å². The molecule has 5 aliphatic rings. The first-order valence-electron chi connectivity index (χ1n) is 44.0. The molecule has 4 fully saturated rings. The van der Waals surface area contributed by atoms with E-state index in [1.165, 1.54) is 64.0 Å². The second-order valence-corrected chi connectivity index (χ2v) is 32.5. The van der Waals surface area contributed by atoms with Crippen molar-refractivity contribution in [1.82, 2.24) is 24.2 Å². The first kappa shape index (κ1) is 93.5. The lowest BCUT2D eigenvalue weighted by Crippen LogP contribution is -2.35. The van der Waals surface area contributed by atoms with E-state index in [0.717, 1.165) is 155 Å². The largest absolute Gasteiger partial charge is 0.497 e. The number of pyridine rings is 1. The van der Waals surface area contributed by atoms with Crippen LogP contribution < -0.4 is 82.1 Å². The van der Waals surface area contributed by atoms with Crippen LogP contribution in [0, 0.1) is 11.6 Å². The van der Waals surface area contributed by atoms with Crippen LogP contribution >= 0.6 is 23.2 Å². The van der Waals surface area contributed by atoms with Crippen LogP contribution in [0.2, 0.25) is 10.0 Å². The summed E-state index contributed by atoms with van der Waals surface area (Å²) < 4.78 is 53.9. The van der Waals surface area contributed by atoms with Gasteiger partial charge in [-0.1, -0.05) is 65.7 Å². The highest BCUT2D eigenvalue weighted by Crippen LogP contribution is 2.34. The molecule has 0 aliphatic carbocycles. The van der Waals surface area contributed by atoms with Gasteiger partial charge in [0.15, 0.2) is 0 Å². The van der Waals surface area contributed by atoms with Gasteiger partial charge in [-0.05, 0) is 257 Å². The van der Waals surface area contributed by atoms with Gasteiger partial charge in [0.25, 0.3) is 0 Å². The van der Waals surface area contributed by atoms with Crippen LogP contribution in [0.3, 0.4) is 0 Å². The number of nitrogens with one attached hydrogen (secondary N) is 10. The summed E-state index contributed by atoms with van der Waals surface area (Å²) in [6.07, 6.45) is 18.8.